The molecule has 22 heavy (non-hydrogen) atoms. The highest BCUT2D eigenvalue weighted by molar-refractivity contribution is 5.94. The lowest BCUT2D eigenvalue weighted by atomic mass is 10.1. The summed E-state index contributed by atoms with van der Waals surface area (Å²) in [5.74, 6) is -1.89. The zero-order chi connectivity index (χ0) is 16.5. The van der Waals surface area contributed by atoms with Gasteiger partial charge >= 0.3 is 18.4 Å². The molecule has 2 aromatic rings. The third-order valence-electron chi connectivity index (χ3n) is 2.95. The molecule has 0 amide bonds. The zero-order valence-electron chi connectivity index (χ0n) is 12.3. The summed E-state index contributed by atoms with van der Waals surface area (Å²) in [7, 11) is 0. The number of hydrogen-bond donors (Lipinski definition) is 1. The van der Waals surface area contributed by atoms with E-state index >= 15 is 0 Å². The first-order chi connectivity index (χ1) is 10.5. The number of carbonyl (C=O) groups is 3. The largest absolute Gasteiger partial charge is 0.478 e. The molecule has 0 bridgehead atoms. The number of aromatic carboxylic acids is 1. The minimum absolute atomic E-state index is 0.0213. The van der Waals surface area contributed by atoms with Gasteiger partial charge in [0.2, 0.25) is 0 Å². The van der Waals surface area contributed by atoms with E-state index in [0.717, 1.165) is 0 Å². The molecule has 0 saturated carbocycles. The number of rotatable bonds is 3. The van der Waals surface area contributed by atoms with E-state index < -0.39 is 11.9 Å². The lowest BCUT2D eigenvalue weighted by Crippen LogP contribution is -2.04. The maximum absolute atomic E-state index is 10.9. The Kier molecular flexibility index (Phi) is 6.50. The van der Waals surface area contributed by atoms with Gasteiger partial charge in [0.05, 0.1) is 11.1 Å². The Morgan fingerprint density at radius 3 is 1.73 bits per heavy atom. The van der Waals surface area contributed by atoms with Gasteiger partial charge in [-0.25, -0.2) is 9.59 Å². The fourth-order valence-electron chi connectivity index (χ4n) is 1.52. The van der Waals surface area contributed by atoms with Gasteiger partial charge in [0.25, 0.3) is 0 Å². The van der Waals surface area contributed by atoms with Gasteiger partial charge in [-0.05, 0) is 49.2 Å². The summed E-state index contributed by atoms with van der Waals surface area (Å²) >= 11 is 0. The second-order valence-corrected chi connectivity index (χ2v) is 4.47. The molecule has 0 heterocycles. The molecule has 0 spiro atoms. The summed E-state index contributed by atoms with van der Waals surface area (Å²) in [6.45, 7) is 4.26. The molecule has 0 aliphatic carbocycles. The molecule has 0 fully saturated rings. The average Bonchev–Trinajstić information content (AvgIpc) is 2.51. The number of carboxylic acids is 1. The van der Waals surface area contributed by atoms with Crippen LogP contribution in [0.1, 0.15) is 31.8 Å². The Balaban J connectivity index is 0.000000255. The fraction of sp³-hybridized carbons (Fsp3) is 0.118. The second kappa shape index (κ2) is 8.36. The van der Waals surface area contributed by atoms with Crippen molar-refractivity contribution in [2.75, 3.05) is 0 Å². The average molecular weight is 300 g/mol. The van der Waals surface area contributed by atoms with Crippen molar-refractivity contribution in [1.29, 1.82) is 0 Å². The van der Waals surface area contributed by atoms with E-state index in [1.165, 1.54) is 35.4 Å². The summed E-state index contributed by atoms with van der Waals surface area (Å²) in [5.41, 5.74) is 2.93. The van der Waals surface area contributed by atoms with Crippen LogP contribution in [0.15, 0.2) is 48.5 Å². The van der Waals surface area contributed by atoms with Gasteiger partial charge in [-0.15, -0.1) is 0 Å². The third kappa shape index (κ3) is 5.20. The van der Waals surface area contributed by atoms with E-state index in [2.05, 4.69) is 42.8 Å². The van der Waals surface area contributed by atoms with Crippen molar-refractivity contribution < 1.29 is 24.2 Å². The number of hydrogen-bond acceptors (Lipinski definition) is 4. The van der Waals surface area contributed by atoms with Crippen LogP contribution < -0.4 is 0 Å². The van der Waals surface area contributed by atoms with Crippen molar-refractivity contribution in [2.45, 2.75) is 13.8 Å². The molecule has 2 aromatic carbocycles. The smallest absolute Gasteiger partial charge is 0.345 e. The lowest BCUT2D eigenvalue weighted by molar-refractivity contribution is -0.123. The van der Waals surface area contributed by atoms with Gasteiger partial charge in [0.1, 0.15) is 0 Å². The van der Waals surface area contributed by atoms with Crippen molar-refractivity contribution in [3.8, 4) is 0 Å². The van der Waals surface area contributed by atoms with E-state index in [1.807, 2.05) is 0 Å². The Bertz CT molecular complexity index is 638. The summed E-state index contributed by atoms with van der Waals surface area (Å²) in [6.07, 6.45) is 0. The van der Waals surface area contributed by atoms with Crippen molar-refractivity contribution in [1.82, 2.24) is 0 Å². The number of esters is 1. The summed E-state index contributed by atoms with van der Waals surface area (Å²) in [4.78, 5) is 31.2. The molecule has 0 unspecified atom stereocenters. The highest BCUT2D eigenvalue weighted by Gasteiger charge is 2.08. The van der Waals surface area contributed by atoms with Gasteiger partial charge < -0.3 is 9.84 Å². The van der Waals surface area contributed by atoms with Crippen LogP contribution in [-0.2, 0) is 9.53 Å². The molecule has 0 atom stereocenters. The Hall–Kier alpha value is -2.95. The minimum Gasteiger partial charge on any atom is -0.478 e. The van der Waals surface area contributed by atoms with Crippen LogP contribution >= 0.6 is 0 Å². The van der Waals surface area contributed by atoms with E-state index in [4.69, 9.17) is 5.11 Å². The van der Waals surface area contributed by atoms with Gasteiger partial charge in [0.15, 0.2) is 0 Å². The van der Waals surface area contributed by atoms with Crippen molar-refractivity contribution in [2.24, 2.45) is 0 Å². The van der Waals surface area contributed by atoms with Crippen LogP contribution in [-0.4, -0.2) is 23.5 Å². The SMILES string of the molecule is Cc1ccccc1C.O=COC(=O)c1ccc(C(=O)O)cc1. The number of carbonyl (C=O) groups excluding carboxylic acids is 2. The first kappa shape index (κ1) is 17.1. The van der Waals surface area contributed by atoms with E-state index in [-0.39, 0.29) is 17.6 Å². The summed E-state index contributed by atoms with van der Waals surface area (Å²) in [5, 5.41) is 8.55. The minimum atomic E-state index is -1.08. The molecule has 5 nitrogen and oxygen atoms in total. The number of carboxylic acid groups (broad SMARTS) is 1. The molecule has 0 aromatic heterocycles. The fourth-order valence-corrected chi connectivity index (χ4v) is 1.52. The summed E-state index contributed by atoms with van der Waals surface area (Å²) < 4.78 is 4.06. The maximum atomic E-state index is 10.9. The highest BCUT2D eigenvalue weighted by atomic mass is 16.6. The highest BCUT2D eigenvalue weighted by Crippen LogP contribution is 2.05. The van der Waals surface area contributed by atoms with Gasteiger partial charge in [-0.1, -0.05) is 24.3 Å². The quantitative estimate of drug-likeness (QED) is 0.535. The van der Waals surface area contributed by atoms with Gasteiger partial charge in [-0.2, -0.15) is 0 Å². The van der Waals surface area contributed by atoms with Crippen LogP contribution in [0.4, 0.5) is 0 Å². The van der Waals surface area contributed by atoms with Crippen LogP contribution in [0.25, 0.3) is 0 Å². The van der Waals surface area contributed by atoms with Crippen LogP contribution in [0, 0.1) is 13.8 Å². The first-order valence-electron chi connectivity index (χ1n) is 6.46. The van der Waals surface area contributed by atoms with E-state index in [1.54, 1.807) is 0 Å². The van der Waals surface area contributed by atoms with Crippen molar-refractivity contribution in [3.05, 3.63) is 70.8 Å². The predicted molar refractivity (Wildman–Crippen MR) is 80.8 cm³/mol. The molecule has 114 valence electrons. The topological polar surface area (TPSA) is 80.7 Å². The Morgan fingerprint density at radius 1 is 0.909 bits per heavy atom. The number of aryl methyl sites for hydroxylation is 2. The molecule has 0 radical (unpaired) electrons. The molecule has 2 rings (SSSR count). The summed E-state index contributed by atoms with van der Waals surface area (Å²) in [6, 6.07) is 13.4. The van der Waals surface area contributed by atoms with Gasteiger partial charge in [0, 0.05) is 0 Å². The molecule has 0 aliphatic heterocycles. The van der Waals surface area contributed by atoms with E-state index in [9.17, 15) is 14.4 Å². The standard InChI is InChI=1S/C9H6O5.C8H10/c10-5-14-9(13)7-3-1-6(2-4-7)8(11)12;1-7-5-3-4-6-8(7)2/h1-5H,(H,11,12);3-6H,1-2H3. The zero-order valence-corrected chi connectivity index (χ0v) is 12.3. The van der Waals surface area contributed by atoms with Crippen LogP contribution in [0.2, 0.25) is 0 Å². The third-order valence-corrected chi connectivity index (χ3v) is 2.95. The Morgan fingerprint density at radius 2 is 1.36 bits per heavy atom. The van der Waals surface area contributed by atoms with E-state index in [0.29, 0.717) is 0 Å². The molecular weight excluding hydrogens is 284 g/mol. The molecule has 1 N–H and O–H groups in total. The molecular formula is C17H16O5. The van der Waals surface area contributed by atoms with Crippen LogP contribution in [0.5, 0.6) is 0 Å². The van der Waals surface area contributed by atoms with Crippen molar-refractivity contribution >= 4 is 18.4 Å². The van der Waals surface area contributed by atoms with Crippen molar-refractivity contribution in [3.63, 3.8) is 0 Å². The van der Waals surface area contributed by atoms with Crippen LogP contribution in [0.3, 0.4) is 0 Å². The lowest BCUT2D eigenvalue weighted by Gasteiger charge is -1.97. The monoisotopic (exact) mass is 300 g/mol. The normalized spacial score (nSPS) is 9.18. The second-order valence-electron chi connectivity index (χ2n) is 4.47. The first-order valence-corrected chi connectivity index (χ1v) is 6.46. The molecule has 0 saturated heterocycles. The number of ether oxygens (including phenoxy) is 1. The maximum Gasteiger partial charge on any atom is 0.345 e. The molecule has 5 heteroatoms. The molecule has 0 aliphatic rings. The van der Waals surface area contributed by atoms with Gasteiger partial charge in [-0.3, -0.25) is 4.79 Å². The Labute approximate surface area is 128 Å². The predicted octanol–water partition coefficient (Wildman–Crippen LogP) is 3.00. The number of benzene rings is 2.